The molecular formula is C21H15FN2O. The molecule has 0 aliphatic rings. The van der Waals surface area contributed by atoms with Crippen molar-refractivity contribution in [3.63, 3.8) is 0 Å². The average Bonchev–Trinajstić information content (AvgIpc) is 2.66. The highest BCUT2D eigenvalue weighted by atomic mass is 19.1. The number of hydrogen-bond donors (Lipinski definition) is 0. The van der Waals surface area contributed by atoms with E-state index in [9.17, 15) is 4.39 Å². The van der Waals surface area contributed by atoms with Gasteiger partial charge in [0, 0.05) is 22.4 Å². The molecule has 3 nitrogen and oxygen atoms in total. The van der Waals surface area contributed by atoms with E-state index in [1.807, 2.05) is 54.6 Å². The van der Waals surface area contributed by atoms with Gasteiger partial charge in [0.25, 0.3) is 0 Å². The summed E-state index contributed by atoms with van der Waals surface area (Å²) >= 11 is 0. The molecule has 4 rings (SSSR count). The fourth-order valence-electron chi connectivity index (χ4n) is 2.71. The Bertz CT molecular complexity index is 1050. The second kappa shape index (κ2) is 6.32. The number of hydrogen-bond acceptors (Lipinski definition) is 3. The SMILES string of the molecule is Cc1ccc(Oc2nnc(-c3ccccc3)c3ccccc23)cc1F. The number of aromatic nitrogens is 2. The van der Waals surface area contributed by atoms with Crippen LogP contribution < -0.4 is 4.74 Å². The van der Waals surface area contributed by atoms with E-state index in [0.29, 0.717) is 17.2 Å². The van der Waals surface area contributed by atoms with E-state index < -0.39 is 0 Å². The van der Waals surface area contributed by atoms with Crippen LogP contribution in [0.15, 0.2) is 72.8 Å². The van der Waals surface area contributed by atoms with Crippen LogP contribution in [0.25, 0.3) is 22.0 Å². The predicted molar refractivity (Wildman–Crippen MR) is 96.2 cm³/mol. The van der Waals surface area contributed by atoms with Crippen molar-refractivity contribution >= 4 is 10.8 Å². The number of aryl methyl sites for hydroxylation is 1. The Hall–Kier alpha value is -3.27. The number of fused-ring (bicyclic) bond motifs is 1. The summed E-state index contributed by atoms with van der Waals surface area (Å²) in [6, 6.07) is 22.4. The molecule has 122 valence electrons. The summed E-state index contributed by atoms with van der Waals surface area (Å²) in [7, 11) is 0. The molecule has 25 heavy (non-hydrogen) atoms. The molecule has 0 radical (unpaired) electrons. The van der Waals surface area contributed by atoms with Gasteiger partial charge in [-0.25, -0.2) is 4.39 Å². The zero-order valence-electron chi connectivity index (χ0n) is 13.6. The Morgan fingerprint density at radius 2 is 1.52 bits per heavy atom. The van der Waals surface area contributed by atoms with Crippen molar-refractivity contribution in [2.75, 3.05) is 0 Å². The Labute approximate surface area is 144 Å². The number of rotatable bonds is 3. The topological polar surface area (TPSA) is 35.0 Å². The van der Waals surface area contributed by atoms with Crippen molar-refractivity contribution in [3.05, 3.63) is 84.2 Å². The standard InChI is InChI=1S/C21H15FN2O/c1-14-11-12-16(13-19(14)22)25-21-18-10-6-5-9-17(18)20(23-24-21)15-7-3-2-4-8-15/h2-13H,1H3. The Kier molecular flexibility index (Phi) is 3.86. The molecule has 0 bridgehead atoms. The van der Waals surface area contributed by atoms with Gasteiger partial charge in [-0.2, -0.15) is 0 Å². The summed E-state index contributed by atoms with van der Waals surface area (Å²) in [4.78, 5) is 0. The van der Waals surface area contributed by atoms with Gasteiger partial charge >= 0.3 is 0 Å². The van der Waals surface area contributed by atoms with Crippen molar-refractivity contribution in [2.24, 2.45) is 0 Å². The van der Waals surface area contributed by atoms with Gasteiger partial charge in [-0.15, -0.1) is 10.2 Å². The smallest absolute Gasteiger partial charge is 0.246 e. The van der Waals surface area contributed by atoms with E-state index in [1.165, 1.54) is 6.07 Å². The third-order valence-corrected chi connectivity index (χ3v) is 4.06. The summed E-state index contributed by atoms with van der Waals surface area (Å²) in [5, 5.41) is 10.3. The van der Waals surface area contributed by atoms with Crippen molar-refractivity contribution in [1.29, 1.82) is 0 Å². The highest BCUT2D eigenvalue weighted by Crippen LogP contribution is 2.33. The molecule has 0 saturated heterocycles. The quantitative estimate of drug-likeness (QED) is 0.495. The minimum Gasteiger partial charge on any atom is -0.437 e. The van der Waals surface area contributed by atoms with Crippen LogP contribution in [-0.2, 0) is 0 Å². The zero-order valence-corrected chi connectivity index (χ0v) is 13.6. The van der Waals surface area contributed by atoms with Crippen LogP contribution >= 0.6 is 0 Å². The Morgan fingerprint density at radius 1 is 0.800 bits per heavy atom. The summed E-state index contributed by atoms with van der Waals surface area (Å²) in [6.45, 7) is 1.71. The van der Waals surface area contributed by atoms with Crippen molar-refractivity contribution < 1.29 is 9.13 Å². The van der Waals surface area contributed by atoms with Gasteiger partial charge in [0.2, 0.25) is 5.88 Å². The first-order chi connectivity index (χ1) is 12.2. The molecule has 0 spiro atoms. The van der Waals surface area contributed by atoms with Crippen molar-refractivity contribution in [1.82, 2.24) is 10.2 Å². The van der Waals surface area contributed by atoms with E-state index in [0.717, 1.165) is 22.0 Å². The number of benzene rings is 3. The second-order valence-corrected chi connectivity index (χ2v) is 5.78. The van der Waals surface area contributed by atoms with Gasteiger partial charge in [0.15, 0.2) is 0 Å². The summed E-state index contributed by atoms with van der Waals surface area (Å²) in [5.74, 6) is 0.448. The van der Waals surface area contributed by atoms with Gasteiger partial charge in [-0.1, -0.05) is 54.6 Å². The highest BCUT2D eigenvalue weighted by molar-refractivity contribution is 5.96. The average molecular weight is 330 g/mol. The van der Waals surface area contributed by atoms with Crippen LogP contribution in [0.1, 0.15) is 5.56 Å². The van der Waals surface area contributed by atoms with Gasteiger partial charge < -0.3 is 4.74 Å². The lowest BCUT2D eigenvalue weighted by molar-refractivity contribution is 0.457. The van der Waals surface area contributed by atoms with Crippen LogP contribution in [-0.4, -0.2) is 10.2 Å². The normalized spacial score (nSPS) is 10.8. The van der Waals surface area contributed by atoms with E-state index in [1.54, 1.807) is 19.1 Å². The molecule has 0 aliphatic heterocycles. The van der Waals surface area contributed by atoms with Crippen LogP contribution in [0, 0.1) is 12.7 Å². The molecule has 0 amide bonds. The molecule has 0 fully saturated rings. The molecule has 0 saturated carbocycles. The number of ether oxygens (including phenoxy) is 1. The lowest BCUT2D eigenvalue weighted by atomic mass is 10.1. The fraction of sp³-hybridized carbons (Fsp3) is 0.0476. The van der Waals surface area contributed by atoms with E-state index >= 15 is 0 Å². The first-order valence-corrected chi connectivity index (χ1v) is 7.97. The van der Waals surface area contributed by atoms with Gasteiger partial charge in [-0.05, 0) is 24.6 Å². The minimum absolute atomic E-state index is 0.310. The Morgan fingerprint density at radius 3 is 2.28 bits per heavy atom. The molecule has 4 aromatic rings. The summed E-state index contributed by atoms with van der Waals surface area (Å²) in [6.07, 6.45) is 0. The predicted octanol–water partition coefficient (Wildman–Crippen LogP) is 5.54. The lowest BCUT2D eigenvalue weighted by Crippen LogP contribution is -1.96. The van der Waals surface area contributed by atoms with Crippen LogP contribution in [0.4, 0.5) is 4.39 Å². The van der Waals surface area contributed by atoms with Gasteiger partial charge in [0.05, 0.1) is 0 Å². The van der Waals surface area contributed by atoms with Gasteiger partial charge in [0.1, 0.15) is 17.3 Å². The largest absolute Gasteiger partial charge is 0.437 e. The van der Waals surface area contributed by atoms with E-state index in [4.69, 9.17) is 4.74 Å². The zero-order chi connectivity index (χ0) is 17.2. The number of halogens is 1. The first-order valence-electron chi connectivity index (χ1n) is 7.97. The maximum absolute atomic E-state index is 13.8. The third kappa shape index (κ3) is 2.94. The summed E-state index contributed by atoms with van der Waals surface area (Å²) in [5.41, 5.74) is 2.35. The van der Waals surface area contributed by atoms with Crippen molar-refractivity contribution in [2.45, 2.75) is 6.92 Å². The molecule has 1 heterocycles. The molecule has 3 aromatic carbocycles. The van der Waals surface area contributed by atoms with E-state index in [2.05, 4.69) is 10.2 Å². The molecule has 0 unspecified atom stereocenters. The molecular weight excluding hydrogens is 315 g/mol. The third-order valence-electron chi connectivity index (χ3n) is 4.06. The maximum atomic E-state index is 13.8. The van der Waals surface area contributed by atoms with Crippen LogP contribution in [0.5, 0.6) is 11.6 Å². The molecule has 0 aliphatic carbocycles. The first kappa shape index (κ1) is 15.3. The second-order valence-electron chi connectivity index (χ2n) is 5.78. The van der Waals surface area contributed by atoms with Crippen LogP contribution in [0.3, 0.4) is 0 Å². The lowest BCUT2D eigenvalue weighted by Gasteiger charge is -2.10. The van der Waals surface area contributed by atoms with Gasteiger partial charge in [-0.3, -0.25) is 0 Å². The molecule has 1 aromatic heterocycles. The monoisotopic (exact) mass is 330 g/mol. The molecule has 4 heteroatoms. The molecule has 0 atom stereocenters. The van der Waals surface area contributed by atoms with E-state index in [-0.39, 0.29) is 5.82 Å². The Balaban J connectivity index is 1.82. The maximum Gasteiger partial charge on any atom is 0.246 e. The fourth-order valence-corrected chi connectivity index (χ4v) is 2.71. The van der Waals surface area contributed by atoms with Crippen LogP contribution in [0.2, 0.25) is 0 Å². The summed E-state index contributed by atoms with van der Waals surface area (Å²) < 4.78 is 19.6. The number of nitrogens with zero attached hydrogens (tertiary/aromatic N) is 2. The van der Waals surface area contributed by atoms with Crippen molar-refractivity contribution in [3.8, 4) is 22.9 Å². The highest BCUT2D eigenvalue weighted by Gasteiger charge is 2.12. The molecule has 0 N–H and O–H groups in total. The minimum atomic E-state index is -0.310.